The fourth-order valence-electron chi connectivity index (χ4n) is 3.29. The predicted molar refractivity (Wildman–Crippen MR) is 119 cm³/mol. The molecule has 8 nitrogen and oxygen atoms in total. The van der Waals surface area contributed by atoms with Gasteiger partial charge in [0.05, 0.1) is 25.5 Å². The van der Waals surface area contributed by atoms with Gasteiger partial charge in [0, 0.05) is 30.9 Å². The zero-order chi connectivity index (χ0) is 25.6. The predicted octanol–water partition coefficient (Wildman–Crippen LogP) is 4.73. The van der Waals surface area contributed by atoms with Gasteiger partial charge < -0.3 is 25.3 Å². The molecule has 3 heterocycles. The van der Waals surface area contributed by atoms with Crippen molar-refractivity contribution in [3.63, 3.8) is 0 Å². The lowest BCUT2D eigenvalue weighted by Gasteiger charge is -2.15. The van der Waals surface area contributed by atoms with E-state index in [1.165, 1.54) is 45.7 Å². The Morgan fingerprint density at radius 3 is 2.11 bits per heavy atom. The summed E-state index contributed by atoms with van der Waals surface area (Å²) < 4.78 is 82.4. The third-order valence-electron chi connectivity index (χ3n) is 4.95. The molecule has 1 aliphatic rings. The molecule has 3 aromatic rings. The lowest BCUT2D eigenvalue weighted by atomic mass is 10.1. The van der Waals surface area contributed by atoms with Crippen LogP contribution >= 0.6 is 0 Å². The maximum absolute atomic E-state index is 14.8. The highest BCUT2D eigenvalue weighted by Gasteiger charge is 2.28. The summed E-state index contributed by atoms with van der Waals surface area (Å²) in [7, 11) is 2.33. The van der Waals surface area contributed by atoms with Crippen molar-refractivity contribution in [2.24, 2.45) is 0 Å². The number of pyridine rings is 1. The highest BCUT2D eigenvalue weighted by molar-refractivity contribution is 5.91. The molecule has 0 radical (unpaired) electrons. The molecule has 190 valence electrons. The van der Waals surface area contributed by atoms with E-state index in [1.807, 2.05) is 0 Å². The number of halogens is 5. The molecule has 3 N–H and O–H groups in total. The minimum Gasteiger partial charge on any atom is -0.494 e. The molecule has 13 heteroatoms. The molecule has 0 saturated carbocycles. The Labute approximate surface area is 197 Å². The molecule has 0 aliphatic carbocycles. The van der Waals surface area contributed by atoms with Crippen molar-refractivity contribution in [1.29, 1.82) is 0 Å². The molecule has 2 aromatic heterocycles. The van der Waals surface area contributed by atoms with Crippen molar-refractivity contribution in [3.05, 3.63) is 30.0 Å². The molecule has 4 rings (SSSR count). The van der Waals surface area contributed by atoms with Crippen LogP contribution in [0.1, 0.15) is 19.3 Å². The number of nitrogens with one attached hydrogen (secondary N) is 1. The van der Waals surface area contributed by atoms with Gasteiger partial charge in [-0.15, -0.1) is 0 Å². The van der Waals surface area contributed by atoms with E-state index in [-0.39, 0.29) is 39.9 Å². The summed E-state index contributed by atoms with van der Waals surface area (Å²) in [6.07, 6.45) is 0.563. The number of nitrogens with zero attached hydrogens (tertiary/aromatic N) is 3. The molecule has 0 bridgehead atoms. The zero-order valence-corrected chi connectivity index (χ0v) is 19.0. The van der Waals surface area contributed by atoms with Gasteiger partial charge >= 0.3 is 6.18 Å². The van der Waals surface area contributed by atoms with Crippen LogP contribution in [0, 0.1) is 11.6 Å². The van der Waals surface area contributed by atoms with Gasteiger partial charge in [0.25, 0.3) is 0 Å². The van der Waals surface area contributed by atoms with Crippen molar-refractivity contribution in [2.45, 2.75) is 25.4 Å². The highest BCUT2D eigenvalue weighted by Crippen LogP contribution is 2.38. The molecule has 1 fully saturated rings. The first kappa shape index (κ1) is 26.1. The number of ether oxygens (including phenoxy) is 3. The van der Waals surface area contributed by atoms with Crippen LogP contribution in [0.3, 0.4) is 0 Å². The van der Waals surface area contributed by atoms with Crippen molar-refractivity contribution >= 4 is 22.7 Å². The number of hydrogen-bond acceptors (Lipinski definition) is 8. The topological polar surface area (TPSA) is 104 Å². The summed E-state index contributed by atoms with van der Waals surface area (Å²) in [5.74, 6) is -3.45. The van der Waals surface area contributed by atoms with E-state index in [0.29, 0.717) is 0 Å². The molecule has 1 aromatic carbocycles. The molecule has 1 saturated heterocycles. The van der Waals surface area contributed by atoms with Crippen molar-refractivity contribution in [1.82, 2.24) is 15.0 Å². The molecule has 35 heavy (non-hydrogen) atoms. The Balaban J connectivity index is 0.000000497. The maximum Gasteiger partial charge on any atom is 0.405 e. The Kier molecular flexibility index (Phi) is 8.43. The van der Waals surface area contributed by atoms with Gasteiger partial charge in [0.2, 0.25) is 5.95 Å². The van der Waals surface area contributed by atoms with E-state index in [2.05, 4.69) is 20.3 Å². The normalized spacial score (nSPS) is 13.7. The summed E-state index contributed by atoms with van der Waals surface area (Å²) in [4.78, 5) is 11.6. The zero-order valence-electron chi connectivity index (χ0n) is 19.0. The van der Waals surface area contributed by atoms with Crippen LogP contribution in [0.5, 0.6) is 11.5 Å². The average molecular weight is 501 g/mol. The standard InChI is InChI=1S/C17H14F5N5O2.C5H10O/c1-28-9-4-10(29-2)13(19)11(12(9)18)8-3-7-5-24-16(23)27-14(7)15(26-8)25-6-17(20,21)22;1-2-4-6-5-3-1/h3-5H,6H2,1-2H3,(H,25,26)(H2,23,24,27);1-5H2. The summed E-state index contributed by atoms with van der Waals surface area (Å²) in [6, 6.07) is 2.22. The van der Waals surface area contributed by atoms with Crippen LogP contribution in [0.15, 0.2) is 18.3 Å². The summed E-state index contributed by atoms with van der Waals surface area (Å²) in [5.41, 5.74) is 4.49. The van der Waals surface area contributed by atoms with Crippen molar-refractivity contribution in [3.8, 4) is 22.8 Å². The average Bonchev–Trinajstić information content (AvgIpc) is 2.84. The second-order valence-electron chi connectivity index (χ2n) is 7.45. The summed E-state index contributed by atoms with van der Waals surface area (Å²) in [6.45, 7) is 0.550. The van der Waals surface area contributed by atoms with Crippen LogP contribution < -0.4 is 20.5 Å². The van der Waals surface area contributed by atoms with Crippen LogP contribution in [-0.2, 0) is 4.74 Å². The number of benzene rings is 1. The van der Waals surface area contributed by atoms with E-state index >= 15 is 0 Å². The monoisotopic (exact) mass is 501 g/mol. The van der Waals surface area contributed by atoms with Crippen LogP contribution in [-0.4, -0.2) is 55.1 Å². The minimum atomic E-state index is -4.57. The Morgan fingerprint density at radius 2 is 1.63 bits per heavy atom. The number of hydrogen-bond donors (Lipinski definition) is 2. The van der Waals surface area contributed by atoms with Gasteiger partial charge in [-0.25, -0.2) is 23.7 Å². The first-order valence-electron chi connectivity index (χ1n) is 10.6. The molecule has 1 aliphatic heterocycles. The Bertz CT molecular complexity index is 1130. The van der Waals surface area contributed by atoms with Gasteiger partial charge in [-0.2, -0.15) is 13.2 Å². The number of methoxy groups -OCH3 is 2. The van der Waals surface area contributed by atoms with Gasteiger partial charge in [-0.05, 0) is 25.3 Å². The third-order valence-corrected chi connectivity index (χ3v) is 4.95. The Morgan fingerprint density at radius 1 is 1.00 bits per heavy atom. The summed E-state index contributed by atoms with van der Waals surface area (Å²) in [5, 5.41) is 2.23. The van der Waals surface area contributed by atoms with E-state index in [1.54, 1.807) is 0 Å². The van der Waals surface area contributed by atoms with Gasteiger partial charge in [-0.1, -0.05) is 0 Å². The number of aromatic nitrogens is 3. The van der Waals surface area contributed by atoms with Crippen LogP contribution in [0.25, 0.3) is 22.2 Å². The molecule has 0 amide bonds. The van der Waals surface area contributed by atoms with E-state index in [0.717, 1.165) is 19.3 Å². The fraction of sp³-hybridized carbons (Fsp3) is 0.409. The number of nitrogens with two attached hydrogens (primary N) is 1. The maximum atomic E-state index is 14.8. The van der Waals surface area contributed by atoms with Crippen LogP contribution in [0.2, 0.25) is 0 Å². The lowest BCUT2D eigenvalue weighted by molar-refractivity contribution is -0.115. The Hall–Kier alpha value is -3.48. The van der Waals surface area contributed by atoms with E-state index < -0.39 is 29.9 Å². The van der Waals surface area contributed by atoms with Crippen molar-refractivity contribution < 1.29 is 36.2 Å². The number of alkyl halides is 3. The third kappa shape index (κ3) is 6.56. The minimum absolute atomic E-state index is 0.0406. The molecular weight excluding hydrogens is 477 g/mol. The summed E-state index contributed by atoms with van der Waals surface area (Å²) >= 11 is 0. The first-order chi connectivity index (χ1) is 16.6. The molecular formula is C22H24F5N5O3. The fourth-order valence-corrected chi connectivity index (χ4v) is 3.29. The van der Waals surface area contributed by atoms with E-state index in [4.69, 9.17) is 19.9 Å². The molecule has 0 unspecified atom stereocenters. The van der Waals surface area contributed by atoms with Gasteiger partial charge in [-0.3, -0.25) is 0 Å². The van der Waals surface area contributed by atoms with Gasteiger partial charge in [0.1, 0.15) is 12.1 Å². The quantitative estimate of drug-likeness (QED) is 0.484. The van der Waals surface area contributed by atoms with Crippen LogP contribution in [0.4, 0.5) is 33.7 Å². The molecule has 0 spiro atoms. The number of fused-ring (bicyclic) bond motifs is 1. The second-order valence-corrected chi connectivity index (χ2v) is 7.45. The number of nitrogen functional groups attached to an aromatic ring is 1. The number of anilines is 2. The lowest BCUT2D eigenvalue weighted by Crippen LogP contribution is -2.22. The highest BCUT2D eigenvalue weighted by atomic mass is 19.4. The molecule has 0 atom stereocenters. The smallest absolute Gasteiger partial charge is 0.405 e. The van der Waals surface area contributed by atoms with Gasteiger partial charge in [0.15, 0.2) is 29.0 Å². The SMILES string of the molecule is C1CCOCC1.COc1cc(OC)c(F)c(-c2cc3cnc(N)nc3c(NCC(F)(F)F)n2)c1F. The first-order valence-corrected chi connectivity index (χ1v) is 10.6. The largest absolute Gasteiger partial charge is 0.494 e. The number of rotatable bonds is 5. The van der Waals surface area contributed by atoms with E-state index in [9.17, 15) is 22.0 Å². The van der Waals surface area contributed by atoms with Crippen molar-refractivity contribution in [2.75, 3.05) is 45.0 Å². The second kappa shape index (κ2) is 11.3.